The molecule has 0 unspecified atom stereocenters. The van der Waals surface area contributed by atoms with Gasteiger partial charge in [-0.2, -0.15) is 0 Å². The van der Waals surface area contributed by atoms with Crippen LogP contribution >= 0.6 is 23.2 Å². The summed E-state index contributed by atoms with van der Waals surface area (Å²) in [5, 5.41) is 4.29. The summed E-state index contributed by atoms with van der Waals surface area (Å²) in [6, 6.07) is 5.38. The zero-order chi connectivity index (χ0) is 12.0. The van der Waals surface area contributed by atoms with E-state index in [1.54, 1.807) is 6.07 Å². The van der Waals surface area contributed by atoms with Crippen molar-refractivity contribution in [2.45, 2.75) is 13.8 Å². The smallest absolute Gasteiger partial charge is 0.139 e. The summed E-state index contributed by atoms with van der Waals surface area (Å²) < 4.78 is 5.52. The first kappa shape index (κ1) is 13.6. The minimum absolute atomic E-state index is 0.480. The van der Waals surface area contributed by atoms with Crippen LogP contribution in [0.2, 0.25) is 10.0 Å². The molecule has 0 fully saturated rings. The van der Waals surface area contributed by atoms with Crippen molar-refractivity contribution in [3.8, 4) is 5.75 Å². The second-order valence-corrected chi connectivity index (χ2v) is 4.78. The van der Waals surface area contributed by atoms with E-state index in [0.29, 0.717) is 28.3 Å². The van der Waals surface area contributed by atoms with Crippen LogP contribution in [-0.2, 0) is 0 Å². The predicted molar refractivity (Wildman–Crippen MR) is 69.7 cm³/mol. The van der Waals surface area contributed by atoms with Crippen LogP contribution < -0.4 is 10.1 Å². The SMILES string of the molecule is CC(C)CNCCOc1cccc(Cl)c1Cl. The molecule has 1 rings (SSSR count). The Morgan fingerprint density at radius 1 is 1.31 bits per heavy atom. The molecule has 2 nitrogen and oxygen atoms in total. The minimum atomic E-state index is 0.480. The van der Waals surface area contributed by atoms with Crippen LogP contribution in [0, 0.1) is 5.92 Å². The van der Waals surface area contributed by atoms with Gasteiger partial charge < -0.3 is 10.1 Å². The molecule has 0 atom stereocenters. The number of ether oxygens (including phenoxy) is 1. The number of halogens is 2. The summed E-state index contributed by atoms with van der Waals surface area (Å²) in [5.41, 5.74) is 0. The molecule has 0 radical (unpaired) electrons. The van der Waals surface area contributed by atoms with E-state index < -0.39 is 0 Å². The third kappa shape index (κ3) is 4.60. The van der Waals surface area contributed by atoms with E-state index in [-0.39, 0.29) is 0 Å². The molecule has 0 spiro atoms. The Morgan fingerprint density at radius 3 is 2.75 bits per heavy atom. The summed E-state index contributed by atoms with van der Waals surface area (Å²) in [5.74, 6) is 1.29. The maximum atomic E-state index is 5.98. The molecule has 1 N–H and O–H groups in total. The summed E-state index contributed by atoms with van der Waals surface area (Å²) >= 11 is 11.8. The van der Waals surface area contributed by atoms with E-state index >= 15 is 0 Å². The van der Waals surface area contributed by atoms with Crippen molar-refractivity contribution < 1.29 is 4.74 Å². The summed E-state index contributed by atoms with van der Waals surface area (Å²) in [4.78, 5) is 0. The second kappa shape index (κ2) is 7.00. The monoisotopic (exact) mass is 261 g/mol. The van der Waals surface area contributed by atoms with Crippen molar-refractivity contribution in [1.29, 1.82) is 0 Å². The molecular formula is C12H17Cl2NO. The summed E-state index contributed by atoms with van der Waals surface area (Å²) in [6.07, 6.45) is 0. The molecule has 0 saturated heterocycles. The van der Waals surface area contributed by atoms with Crippen molar-refractivity contribution in [2.75, 3.05) is 19.7 Å². The number of hydrogen-bond acceptors (Lipinski definition) is 2. The van der Waals surface area contributed by atoms with Gasteiger partial charge in [-0.1, -0.05) is 43.1 Å². The number of benzene rings is 1. The average Bonchev–Trinajstić information content (AvgIpc) is 2.23. The highest BCUT2D eigenvalue weighted by molar-refractivity contribution is 6.42. The van der Waals surface area contributed by atoms with Gasteiger partial charge in [0.2, 0.25) is 0 Å². The predicted octanol–water partition coefficient (Wildman–Crippen LogP) is 3.62. The van der Waals surface area contributed by atoms with E-state index in [1.165, 1.54) is 0 Å². The summed E-state index contributed by atoms with van der Waals surface area (Å²) in [6.45, 7) is 6.73. The van der Waals surface area contributed by atoms with Crippen LogP contribution in [0.4, 0.5) is 0 Å². The van der Waals surface area contributed by atoms with E-state index in [4.69, 9.17) is 27.9 Å². The Labute approximate surface area is 107 Å². The lowest BCUT2D eigenvalue weighted by molar-refractivity contribution is 0.311. The molecule has 90 valence electrons. The third-order valence-corrected chi connectivity index (χ3v) is 2.81. The lowest BCUT2D eigenvalue weighted by Gasteiger charge is -2.10. The fraction of sp³-hybridized carbons (Fsp3) is 0.500. The van der Waals surface area contributed by atoms with E-state index in [2.05, 4.69) is 19.2 Å². The highest BCUT2D eigenvalue weighted by atomic mass is 35.5. The molecule has 0 aliphatic rings. The molecule has 0 heterocycles. The molecule has 0 amide bonds. The van der Waals surface area contributed by atoms with Gasteiger partial charge >= 0.3 is 0 Å². The standard InChI is InChI=1S/C12H17Cl2NO/c1-9(2)8-15-6-7-16-11-5-3-4-10(13)12(11)14/h3-5,9,15H,6-8H2,1-2H3. The lowest BCUT2D eigenvalue weighted by atomic mass is 10.2. The Bertz CT molecular complexity index is 329. The van der Waals surface area contributed by atoms with Gasteiger partial charge in [-0.05, 0) is 24.6 Å². The Hall–Kier alpha value is -0.440. The van der Waals surface area contributed by atoms with Crippen LogP contribution in [0.3, 0.4) is 0 Å². The van der Waals surface area contributed by atoms with Crippen molar-refractivity contribution in [3.05, 3.63) is 28.2 Å². The maximum Gasteiger partial charge on any atom is 0.139 e. The molecular weight excluding hydrogens is 245 g/mol. The van der Waals surface area contributed by atoms with Gasteiger partial charge in [0.15, 0.2) is 0 Å². The summed E-state index contributed by atoms with van der Waals surface area (Å²) in [7, 11) is 0. The van der Waals surface area contributed by atoms with Gasteiger partial charge in [0, 0.05) is 6.54 Å². The van der Waals surface area contributed by atoms with E-state index in [9.17, 15) is 0 Å². The van der Waals surface area contributed by atoms with Crippen molar-refractivity contribution in [2.24, 2.45) is 5.92 Å². The van der Waals surface area contributed by atoms with Crippen molar-refractivity contribution in [1.82, 2.24) is 5.32 Å². The van der Waals surface area contributed by atoms with Gasteiger partial charge in [-0.3, -0.25) is 0 Å². The van der Waals surface area contributed by atoms with Crippen LogP contribution in [0.1, 0.15) is 13.8 Å². The van der Waals surface area contributed by atoms with E-state index in [1.807, 2.05) is 12.1 Å². The molecule has 0 aliphatic carbocycles. The normalized spacial score (nSPS) is 10.8. The van der Waals surface area contributed by atoms with Crippen LogP contribution in [0.25, 0.3) is 0 Å². The quantitative estimate of drug-likeness (QED) is 0.790. The molecule has 0 bridgehead atoms. The first-order valence-electron chi connectivity index (χ1n) is 5.38. The second-order valence-electron chi connectivity index (χ2n) is 4.00. The first-order valence-corrected chi connectivity index (χ1v) is 6.14. The average molecular weight is 262 g/mol. The van der Waals surface area contributed by atoms with Gasteiger partial charge in [-0.25, -0.2) is 0 Å². The van der Waals surface area contributed by atoms with Gasteiger partial charge in [0.25, 0.3) is 0 Å². The molecule has 1 aromatic rings. The van der Waals surface area contributed by atoms with Gasteiger partial charge in [0.05, 0.1) is 5.02 Å². The van der Waals surface area contributed by atoms with Crippen molar-refractivity contribution >= 4 is 23.2 Å². The molecule has 0 aliphatic heterocycles. The molecule has 0 aromatic heterocycles. The van der Waals surface area contributed by atoms with Crippen LogP contribution in [0.5, 0.6) is 5.75 Å². The highest BCUT2D eigenvalue weighted by Gasteiger charge is 2.04. The topological polar surface area (TPSA) is 21.3 Å². The number of rotatable bonds is 6. The lowest BCUT2D eigenvalue weighted by Crippen LogP contribution is -2.24. The fourth-order valence-electron chi connectivity index (χ4n) is 1.22. The Balaban J connectivity index is 2.29. The number of nitrogens with one attached hydrogen (secondary N) is 1. The maximum absolute atomic E-state index is 5.98. The van der Waals surface area contributed by atoms with Gasteiger partial charge in [-0.15, -0.1) is 0 Å². The largest absolute Gasteiger partial charge is 0.491 e. The van der Waals surface area contributed by atoms with Crippen molar-refractivity contribution in [3.63, 3.8) is 0 Å². The zero-order valence-corrected chi connectivity index (χ0v) is 11.1. The number of hydrogen-bond donors (Lipinski definition) is 1. The highest BCUT2D eigenvalue weighted by Crippen LogP contribution is 2.31. The Morgan fingerprint density at radius 2 is 2.06 bits per heavy atom. The fourth-order valence-corrected chi connectivity index (χ4v) is 1.57. The molecule has 0 saturated carbocycles. The van der Waals surface area contributed by atoms with Gasteiger partial charge in [0.1, 0.15) is 17.4 Å². The zero-order valence-electron chi connectivity index (χ0n) is 9.59. The Kier molecular flexibility index (Phi) is 5.96. The van der Waals surface area contributed by atoms with Crippen LogP contribution in [-0.4, -0.2) is 19.7 Å². The molecule has 16 heavy (non-hydrogen) atoms. The molecule has 1 aromatic carbocycles. The molecule has 4 heteroatoms. The minimum Gasteiger partial charge on any atom is -0.491 e. The third-order valence-electron chi connectivity index (χ3n) is 2.01. The van der Waals surface area contributed by atoms with Crippen LogP contribution in [0.15, 0.2) is 18.2 Å². The van der Waals surface area contributed by atoms with E-state index in [0.717, 1.165) is 13.1 Å². The first-order chi connectivity index (χ1) is 7.61.